The number of ether oxygens (including phenoxy) is 2. The monoisotopic (exact) mass is 350 g/mol. The average Bonchev–Trinajstić information content (AvgIpc) is 2.54. The number of hydrazone groups is 1. The number of carbonyl (C=O) groups excluding carboxylic acids is 3. The summed E-state index contributed by atoms with van der Waals surface area (Å²) in [5.41, 5.74) is 2.87. The second-order valence-corrected chi connectivity index (χ2v) is 7.01. The summed E-state index contributed by atoms with van der Waals surface area (Å²) in [6.45, 7) is 4.71. The molecule has 0 spiro atoms. The van der Waals surface area contributed by atoms with Crippen LogP contribution in [0.3, 0.4) is 0 Å². The molecule has 1 aromatic rings. The van der Waals surface area contributed by atoms with Crippen LogP contribution in [0.15, 0.2) is 29.4 Å². The Kier molecular flexibility index (Phi) is 5.61. The number of hydrogen-bond acceptors (Lipinski definition) is 7. The van der Waals surface area contributed by atoms with Crippen molar-refractivity contribution in [3.05, 3.63) is 35.4 Å². The number of esters is 2. The first-order valence-corrected chi connectivity index (χ1v) is 8.20. The summed E-state index contributed by atoms with van der Waals surface area (Å²) in [7, 11) is 0. The van der Waals surface area contributed by atoms with Gasteiger partial charge in [0.15, 0.2) is 0 Å². The molecule has 24 heavy (non-hydrogen) atoms. The van der Waals surface area contributed by atoms with Crippen LogP contribution in [0.5, 0.6) is 0 Å². The molecule has 8 heteroatoms. The SMILES string of the molecule is CC(C)(C)C(=O)OCOC(=O)c1ccc(C2=NNC(=O)CS2)cc1. The number of rotatable bonds is 4. The number of benzene rings is 1. The Balaban J connectivity index is 1.90. The number of carbonyl (C=O) groups is 3. The fraction of sp³-hybridized carbons (Fsp3) is 0.375. The summed E-state index contributed by atoms with van der Waals surface area (Å²) in [5, 5.41) is 4.63. The van der Waals surface area contributed by atoms with Crippen molar-refractivity contribution in [1.82, 2.24) is 5.43 Å². The molecule has 128 valence electrons. The molecule has 1 aromatic carbocycles. The van der Waals surface area contributed by atoms with E-state index in [1.165, 1.54) is 11.8 Å². The molecular formula is C16H18N2O5S. The van der Waals surface area contributed by atoms with E-state index in [9.17, 15) is 14.4 Å². The minimum atomic E-state index is -0.651. The molecule has 0 saturated heterocycles. The highest BCUT2D eigenvalue weighted by Crippen LogP contribution is 2.18. The number of thioether (sulfide) groups is 1. The molecule has 1 amide bonds. The first-order chi connectivity index (χ1) is 11.3. The van der Waals surface area contributed by atoms with Crippen molar-refractivity contribution in [2.75, 3.05) is 12.5 Å². The lowest BCUT2D eigenvalue weighted by Crippen LogP contribution is -2.26. The van der Waals surface area contributed by atoms with Gasteiger partial charge in [0, 0.05) is 5.56 Å². The highest BCUT2D eigenvalue weighted by Gasteiger charge is 2.23. The minimum absolute atomic E-state index is 0.145. The van der Waals surface area contributed by atoms with Gasteiger partial charge in [-0.25, -0.2) is 10.2 Å². The normalized spacial score (nSPS) is 14.5. The first-order valence-electron chi connectivity index (χ1n) is 7.21. The number of hydrogen-bond donors (Lipinski definition) is 1. The van der Waals surface area contributed by atoms with Crippen LogP contribution in [-0.2, 0) is 19.1 Å². The van der Waals surface area contributed by atoms with Crippen LogP contribution in [0.1, 0.15) is 36.7 Å². The van der Waals surface area contributed by atoms with Crippen LogP contribution in [0, 0.1) is 5.41 Å². The van der Waals surface area contributed by atoms with Gasteiger partial charge in [0.05, 0.1) is 16.7 Å². The summed E-state index contributed by atoms with van der Waals surface area (Å²) < 4.78 is 9.80. The Morgan fingerprint density at radius 3 is 2.42 bits per heavy atom. The predicted molar refractivity (Wildman–Crippen MR) is 89.4 cm³/mol. The van der Waals surface area contributed by atoms with E-state index in [-0.39, 0.29) is 5.91 Å². The van der Waals surface area contributed by atoms with E-state index in [0.29, 0.717) is 16.4 Å². The van der Waals surface area contributed by atoms with E-state index in [4.69, 9.17) is 9.47 Å². The number of amides is 1. The second-order valence-electron chi connectivity index (χ2n) is 6.05. The van der Waals surface area contributed by atoms with E-state index < -0.39 is 24.1 Å². The molecule has 0 saturated carbocycles. The van der Waals surface area contributed by atoms with Gasteiger partial charge in [-0.2, -0.15) is 5.10 Å². The van der Waals surface area contributed by atoms with Gasteiger partial charge in [0.25, 0.3) is 5.91 Å². The summed E-state index contributed by atoms with van der Waals surface area (Å²) >= 11 is 1.32. The van der Waals surface area contributed by atoms with Crippen molar-refractivity contribution in [3.8, 4) is 0 Å². The van der Waals surface area contributed by atoms with E-state index in [2.05, 4.69) is 10.5 Å². The molecular weight excluding hydrogens is 332 g/mol. The summed E-state index contributed by atoms with van der Waals surface area (Å²) in [6, 6.07) is 6.59. The van der Waals surface area contributed by atoms with Gasteiger partial charge in [0.2, 0.25) is 6.79 Å². The highest BCUT2D eigenvalue weighted by molar-refractivity contribution is 8.15. The van der Waals surface area contributed by atoms with Gasteiger partial charge >= 0.3 is 11.9 Å². The van der Waals surface area contributed by atoms with Gasteiger partial charge in [-0.05, 0) is 32.9 Å². The third-order valence-electron chi connectivity index (χ3n) is 2.98. The van der Waals surface area contributed by atoms with Crippen LogP contribution in [0.25, 0.3) is 0 Å². The van der Waals surface area contributed by atoms with Crippen molar-refractivity contribution in [1.29, 1.82) is 0 Å². The zero-order chi connectivity index (χ0) is 17.7. The third-order valence-corrected chi connectivity index (χ3v) is 3.99. The second kappa shape index (κ2) is 7.48. The minimum Gasteiger partial charge on any atom is -0.427 e. The molecule has 0 fully saturated rings. The van der Waals surface area contributed by atoms with Gasteiger partial charge < -0.3 is 9.47 Å². The highest BCUT2D eigenvalue weighted by atomic mass is 32.2. The van der Waals surface area contributed by atoms with Crippen molar-refractivity contribution >= 4 is 34.7 Å². The lowest BCUT2D eigenvalue weighted by atomic mass is 9.98. The van der Waals surface area contributed by atoms with Crippen LogP contribution in [0.4, 0.5) is 0 Å². The van der Waals surface area contributed by atoms with Crippen LogP contribution < -0.4 is 5.43 Å². The van der Waals surface area contributed by atoms with Crippen LogP contribution in [0.2, 0.25) is 0 Å². The molecule has 0 aliphatic carbocycles. The molecule has 1 N–H and O–H groups in total. The van der Waals surface area contributed by atoms with Crippen LogP contribution in [-0.4, -0.2) is 35.4 Å². The van der Waals surface area contributed by atoms with Crippen molar-refractivity contribution in [2.24, 2.45) is 10.5 Å². The van der Waals surface area contributed by atoms with Crippen molar-refractivity contribution < 1.29 is 23.9 Å². The molecule has 0 aromatic heterocycles. The largest absolute Gasteiger partial charge is 0.427 e. The molecule has 1 aliphatic rings. The van der Waals surface area contributed by atoms with E-state index in [1.54, 1.807) is 45.0 Å². The maximum absolute atomic E-state index is 11.9. The fourth-order valence-electron chi connectivity index (χ4n) is 1.64. The average molecular weight is 350 g/mol. The quantitative estimate of drug-likeness (QED) is 0.658. The van der Waals surface area contributed by atoms with E-state index in [1.807, 2.05) is 0 Å². The lowest BCUT2D eigenvalue weighted by molar-refractivity contribution is -0.161. The number of nitrogens with zero attached hydrogens (tertiary/aromatic N) is 1. The zero-order valence-corrected chi connectivity index (χ0v) is 14.4. The summed E-state index contributed by atoms with van der Waals surface area (Å²) in [5.74, 6) is -0.870. The molecule has 2 rings (SSSR count). The first kappa shape index (κ1) is 18.0. The topological polar surface area (TPSA) is 94.1 Å². The van der Waals surface area contributed by atoms with Gasteiger partial charge in [-0.3, -0.25) is 9.59 Å². The summed E-state index contributed by atoms with van der Waals surface area (Å²) in [4.78, 5) is 34.5. The van der Waals surface area contributed by atoms with Crippen molar-refractivity contribution in [3.63, 3.8) is 0 Å². The standard InChI is InChI=1S/C16H18N2O5S/c1-16(2,3)15(21)23-9-22-14(20)11-6-4-10(5-7-11)13-18-17-12(19)8-24-13/h4-7H,8-9H2,1-3H3,(H,17,19). The van der Waals surface area contributed by atoms with Gasteiger partial charge in [-0.15, -0.1) is 0 Å². The molecule has 0 bridgehead atoms. The fourth-order valence-corrected chi connectivity index (χ4v) is 2.39. The zero-order valence-electron chi connectivity index (χ0n) is 13.6. The molecule has 0 unspecified atom stereocenters. The van der Waals surface area contributed by atoms with E-state index in [0.717, 1.165) is 5.56 Å². The number of nitrogens with one attached hydrogen (secondary N) is 1. The molecule has 0 atom stereocenters. The maximum Gasteiger partial charge on any atom is 0.340 e. The Bertz CT molecular complexity index is 677. The predicted octanol–water partition coefficient (Wildman–Crippen LogP) is 1.91. The van der Waals surface area contributed by atoms with Crippen molar-refractivity contribution in [2.45, 2.75) is 20.8 Å². The summed E-state index contributed by atoms with van der Waals surface area (Å²) in [6.07, 6.45) is 0. The Morgan fingerprint density at radius 2 is 1.88 bits per heavy atom. The Labute approximate surface area is 143 Å². The smallest absolute Gasteiger partial charge is 0.340 e. The molecule has 0 radical (unpaired) electrons. The Morgan fingerprint density at radius 1 is 1.21 bits per heavy atom. The van der Waals surface area contributed by atoms with Gasteiger partial charge in [-0.1, -0.05) is 23.9 Å². The van der Waals surface area contributed by atoms with Gasteiger partial charge in [0.1, 0.15) is 5.04 Å². The Hall–Kier alpha value is -2.35. The van der Waals surface area contributed by atoms with E-state index >= 15 is 0 Å². The lowest BCUT2D eigenvalue weighted by Gasteiger charge is -2.16. The molecule has 1 heterocycles. The molecule has 7 nitrogen and oxygen atoms in total. The molecule has 1 aliphatic heterocycles. The van der Waals surface area contributed by atoms with Crippen LogP contribution >= 0.6 is 11.8 Å². The maximum atomic E-state index is 11.9. The third kappa shape index (κ3) is 4.82.